The zero-order valence-corrected chi connectivity index (χ0v) is 18.5. The molecule has 2 rings (SSSR count). The number of benzene rings is 1. The van der Waals surface area contributed by atoms with Gasteiger partial charge in [-0.15, -0.1) is 0 Å². The van der Waals surface area contributed by atoms with E-state index in [2.05, 4.69) is 24.1 Å². The average molecular weight is 428 g/mol. The summed E-state index contributed by atoms with van der Waals surface area (Å²) < 4.78 is 0.0382. The molecule has 0 aromatic heterocycles. The molecule has 0 spiro atoms. The summed E-state index contributed by atoms with van der Waals surface area (Å²) in [6.45, 7) is 11.1. The van der Waals surface area contributed by atoms with Gasteiger partial charge in [0.2, 0.25) is 0 Å². The van der Waals surface area contributed by atoms with Crippen LogP contribution < -0.4 is 5.32 Å². The number of halogens is 1. The first-order valence-electron chi connectivity index (χ1n) is 9.02. The highest BCUT2D eigenvalue weighted by atomic mass is 35.5. The number of rotatable bonds is 7. The lowest BCUT2D eigenvalue weighted by Crippen LogP contribution is -2.62. The fourth-order valence-electron chi connectivity index (χ4n) is 2.92. The van der Waals surface area contributed by atoms with E-state index < -0.39 is 10.8 Å². The Balaban J connectivity index is 2.15. The van der Waals surface area contributed by atoms with Gasteiger partial charge in [-0.1, -0.05) is 49.4 Å². The summed E-state index contributed by atoms with van der Waals surface area (Å²) in [5.74, 6) is -0.451. The summed E-state index contributed by atoms with van der Waals surface area (Å²) in [7, 11) is 0. The van der Waals surface area contributed by atoms with Gasteiger partial charge < -0.3 is 10.2 Å². The Hall–Kier alpha value is -1.15. The summed E-state index contributed by atoms with van der Waals surface area (Å²) >= 11 is 12.8. The standard InChI is InChI=1S/C19H26ClN3O2S2/c1-5-22(6-2)11-12-23-17(25)15(19(3,4)27-18(23)26)21-16(24)13-7-9-14(20)10-8-13/h7-10,15H,5-6,11-12H2,1-4H3,(H,21,24). The van der Waals surface area contributed by atoms with Crippen LogP contribution in [0.4, 0.5) is 0 Å². The average Bonchev–Trinajstić information content (AvgIpc) is 2.61. The largest absolute Gasteiger partial charge is 0.339 e. The summed E-state index contributed by atoms with van der Waals surface area (Å²) in [6, 6.07) is 5.95. The Morgan fingerprint density at radius 2 is 1.89 bits per heavy atom. The number of carbonyl (C=O) groups is 2. The zero-order valence-electron chi connectivity index (χ0n) is 16.1. The highest BCUT2D eigenvalue weighted by Gasteiger charge is 2.46. The molecule has 1 aliphatic rings. The minimum Gasteiger partial charge on any atom is -0.339 e. The molecule has 148 valence electrons. The van der Waals surface area contributed by atoms with Crippen LogP contribution >= 0.6 is 35.6 Å². The van der Waals surface area contributed by atoms with Crippen molar-refractivity contribution in [2.75, 3.05) is 26.2 Å². The van der Waals surface area contributed by atoms with Crippen LogP contribution in [0.25, 0.3) is 0 Å². The van der Waals surface area contributed by atoms with Crippen molar-refractivity contribution in [1.82, 2.24) is 15.1 Å². The van der Waals surface area contributed by atoms with Gasteiger partial charge >= 0.3 is 0 Å². The number of thioether (sulfide) groups is 1. The molecular formula is C19H26ClN3O2S2. The minimum atomic E-state index is -0.658. The van der Waals surface area contributed by atoms with Crippen LogP contribution in [0.1, 0.15) is 38.1 Å². The predicted octanol–water partition coefficient (Wildman–Crippen LogP) is 3.42. The Bertz CT molecular complexity index is 705. The summed E-state index contributed by atoms with van der Waals surface area (Å²) in [4.78, 5) is 29.6. The van der Waals surface area contributed by atoms with Gasteiger partial charge in [-0.25, -0.2) is 0 Å². The fraction of sp³-hybridized carbons (Fsp3) is 0.526. The molecule has 1 aliphatic heterocycles. The Kier molecular flexibility index (Phi) is 7.68. The van der Waals surface area contributed by atoms with Gasteiger partial charge in [0.1, 0.15) is 10.4 Å². The number of carbonyl (C=O) groups excluding carboxylic acids is 2. The third-order valence-electron chi connectivity index (χ3n) is 4.70. The van der Waals surface area contributed by atoms with Crippen molar-refractivity contribution >= 4 is 51.7 Å². The third kappa shape index (κ3) is 5.44. The quantitative estimate of drug-likeness (QED) is 0.675. The topological polar surface area (TPSA) is 52.6 Å². The molecule has 27 heavy (non-hydrogen) atoms. The number of nitrogens with zero attached hydrogens (tertiary/aromatic N) is 2. The summed E-state index contributed by atoms with van der Waals surface area (Å²) in [5, 5.41) is 3.45. The number of amides is 2. The molecule has 0 bridgehead atoms. The maximum absolute atomic E-state index is 13.1. The Labute approximate surface area is 175 Å². The van der Waals surface area contributed by atoms with Crippen molar-refractivity contribution in [3.63, 3.8) is 0 Å². The van der Waals surface area contributed by atoms with E-state index in [9.17, 15) is 9.59 Å². The summed E-state index contributed by atoms with van der Waals surface area (Å²) in [5.41, 5.74) is 0.468. The molecule has 1 aromatic carbocycles. The molecule has 1 atom stereocenters. The second-order valence-corrected chi connectivity index (χ2v) is 9.63. The summed E-state index contributed by atoms with van der Waals surface area (Å²) in [6.07, 6.45) is 0. The van der Waals surface area contributed by atoms with Crippen LogP contribution in [-0.2, 0) is 4.79 Å². The molecule has 0 aliphatic carbocycles. The molecule has 0 radical (unpaired) electrons. The lowest BCUT2D eigenvalue weighted by atomic mass is 10.0. The molecule has 1 unspecified atom stereocenters. The number of hydrogen-bond acceptors (Lipinski definition) is 5. The number of nitrogens with one attached hydrogen (secondary N) is 1. The predicted molar refractivity (Wildman–Crippen MR) is 116 cm³/mol. The van der Waals surface area contributed by atoms with Gasteiger partial charge in [-0.2, -0.15) is 0 Å². The second-order valence-electron chi connectivity index (χ2n) is 6.90. The lowest BCUT2D eigenvalue weighted by Gasteiger charge is -2.43. The van der Waals surface area contributed by atoms with Crippen LogP contribution in [0.5, 0.6) is 0 Å². The van der Waals surface area contributed by atoms with Gasteiger partial charge in [0.05, 0.1) is 0 Å². The zero-order chi connectivity index (χ0) is 20.2. The Morgan fingerprint density at radius 1 is 1.30 bits per heavy atom. The first-order valence-corrected chi connectivity index (χ1v) is 10.6. The van der Waals surface area contributed by atoms with Crippen LogP contribution in [0.3, 0.4) is 0 Å². The van der Waals surface area contributed by atoms with E-state index >= 15 is 0 Å². The molecule has 2 amide bonds. The first-order chi connectivity index (χ1) is 12.7. The number of hydrogen-bond donors (Lipinski definition) is 1. The van der Waals surface area contributed by atoms with Crippen LogP contribution in [0.15, 0.2) is 24.3 Å². The fourth-order valence-corrected chi connectivity index (χ4v) is 4.89. The van der Waals surface area contributed by atoms with Gasteiger partial charge in [-0.3, -0.25) is 14.5 Å². The SMILES string of the molecule is CCN(CC)CCN1C(=O)C(NC(=O)c2ccc(Cl)cc2)C(C)(C)SC1=S. The van der Waals surface area contributed by atoms with Gasteiger partial charge in [0.25, 0.3) is 11.8 Å². The van der Waals surface area contributed by atoms with E-state index in [4.69, 9.17) is 23.8 Å². The van der Waals surface area contributed by atoms with Crippen LogP contribution in [0.2, 0.25) is 5.02 Å². The monoisotopic (exact) mass is 427 g/mol. The molecule has 1 aromatic rings. The maximum atomic E-state index is 13.1. The van der Waals surface area contributed by atoms with E-state index in [1.165, 1.54) is 11.8 Å². The second kappa shape index (κ2) is 9.37. The van der Waals surface area contributed by atoms with Gasteiger partial charge in [0.15, 0.2) is 0 Å². The highest BCUT2D eigenvalue weighted by molar-refractivity contribution is 8.24. The molecule has 8 heteroatoms. The molecule has 1 N–H and O–H groups in total. The van der Waals surface area contributed by atoms with E-state index in [1.54, 1.807) is 29.2 Å². The van der Waals surface area contributed by atoms with Crippen molar-refractivity contribution in [2.45, 2.75) is 38.5 Å². The van der Waals surface area contributed by atoms with Gasteiger partial charge in [0, 0.05) is 28.4 Å². The van der Waals surface area contributed by atoms with E-state index in [0.29, 0.717) is 21.5 Å². The number of thiocarbonyl (C=S) groups is 1. The highest BCUT2D eigenvalue weighted by Crippen LogP contribution is 2.36. The van der Waals surface area contributed by atoms with E-state index in [0.717, 1.165) is 19.6 Å². The number of likely N-dealkylation sites (N-methyl/N-ethyl adjacent to an activating group) is 1. The Morgan fingerprint density at radius 3 is 2.44 bits per heavy atom. The molecule has 1 fully saturated rings. The van der Waals surface area contributed by atoms with Crippen molar-refractivity contribution < 1.29 is 9.59 Å². The van der Waals surface area contributed by atoms with E-state index in [1.807, 2.05) is 13.8 Å². The minimum absolute atomic E-state index is 0.154. The first kappa shape index (κ1) is 22.1. The van der Waals surface area contributed by atoms with Crippen molar-refractivity contribution in [1.29, 1.82) is 0 Å². The maximum Gasteiger partial charge on any atom is 0.252 e. The van der Waals surface area contributed by atoms with E-state index in [-0.39, 0.29) is 11.8 Å². The van der Waals surface area contributed by atoms with Gasteiger partial charge in [-0.05, 0) is 51.2 Å². The molecule has 1 heterocycles. The third-order valence-corrected chi connectivity index (χ3v) is 6.57. The van der Waals surface area contributed by atoms with Crippen molar-refractivity contribution in [2.24, 2.45) is 0 Å². The normalized spacial score (nSPS) is 19.5. The smallest absolute Gasteiger partial charge is 0.252 e. The molecule has 1 saturated heterocycles. The molecular weight excluding hydrogens is 402 g/mol. The van der Waals surface area contributed by atoms with Crippen molar-refractivity contribution in [3.05, 3.63) is 34.9 Å². The van der Waals surface area contributed by atoms with Crippen LogP contribution in [0, 0.1) is 0 Å². The van der Waals surface area contributed by atoms with Crippen LogP contribution in [-0.4, -0.2) is 62.9 Å². The van der Waals surface area contributed by atoms with Crippen molar-refractivity contribution in [3.8, 4) is 0 Å². The molecule has 0 saturated carbocycles. The lowest BCUT2D eigenvalue weighted by molar-refractivity contribution is -0.130. The molecule has 5 nitrogen and oxygen atoms in total.